The predicted molar refractivity (Wildman–Crippen MR) is 107 cm³/mol. The fourth-order valence-electron chi connectivity index (χ4n) is 2.82. The van der Waals surface area contributed by atoms with Crippen LogP contribution in [0.1, 0.15) is 27.3 Å². The molecule has 7 nitrogen and oxygen atoms in total. The lowest BCUT2D eigenvalue weighted by Gasteiger charge is -2.14. The van der Waals surface area contributed by atoms with Gasteiger partial charge in [-0.2, -0.15) is 39.5 Å². The molecular weight excluding hydrogens is 594 g/mol. The second-order valence-corrected chi connectivity index (χ2v) is 9.40. The second-order valence-electron chi connectivity index (χ2n) is 6.94. The van der Waals surface area contributed by atoms with Gasteiger partial charge in [-0.25, -0.2) is 17.8 Å². The van der Waals surface area contributed by atoms with Crippen molar-refractivity contribution in [3.05, 3.63) is 69.0 Å². The molecule has 19 heteroatoms. The van der Waals surface area contributed by atoms with Crippen LogP contribution in [0.4, 0.5) is 39.5 Å². The number of aromatic nitrogens is 3. The summed E-state index contributed by atoms with van der Waals surface area (Å²) in [5.74, 6) is -2.09. The maximum absolute atomic E-state index is 13.8. The Hall–Kier alpha value is -3.05. The van der Waals surface area contributed by atoms with Crippen molar-refractivity contribution in [1.82, 2.24) is 19.7 Å². The summed E-state index contributed by atoms with van der Waals surface area (Å²) in [7, 11) is -5.30. The monoisotopic (exact) mass is 600 g/mol. The number of nitrogens with zero attached hydrogens (tertiary/aromatic N) is 3. The molecule has 2 aromatic carbocycles. The smallest absolute Gasteiger partial charge is 0.266 e. The van der Waals surface area contributed by atoms with Crippen molar-refractivity contribution < 1.29 is 52.7 Å². The molecule has 0 aliphatic rings. The SMILES string of the molecule is O=C(NS(=O)(=O)c1cc(C(F)(F)F)ccc1Cl)c1nnn(-c2ccc(C(F)(F)F)cc2Cl)c1C(F)(F)F. The highest BCUT2D eigenvalue weighted by Crippen LogP contribution is 2.37. The van der Waals surface area contributed by atoms with Crippen molar-refractivity contribution in [1.29, 1.82) is 0 Å². The molecular formula is C18H7Cl2F9N4O3S. The molecule has 0 spiro atoms. The molecule has 0 radical (unpaired) electrons. The summed E-state index contributed by atoms with van der Waals surface area (Å²) >= 11 is 11.3. The van der Waals surface area contributed by atoms with Gasteiger partial charge in [0.1, 0.15) is 4.90 Å². The van der Waals surface area contributed by atoms with Crippen molar-refractivity contribution in [3.8, 4) is 5.69 Å². The van der Waals surface area contributed by atoms with E-state index in [2.05, 4.69) is 10.3 Å². The number of carbonyl (C=O) groups excluding carboxylic acids is 1. The summed E-state index contributed by atoms with van der Waals surface area (Å²) < 4.78 is 145. The first-order valence-corrected chi connectivity index (χ1v) is 11.3. The van der Waals surface area contributed by atoms with Crippen molar-refractivity contribution in [2.45, 2.75) is 23.4 Å². The average Bonchev–Trinajstić information content (AvgIpc) is 3.17. The molecule has 0 bridgehead atoms. The molecule has 0 aliphatic heterocycles. The predicted octanol–water partition coefficient (Wildman–Crippen LogP) is 5.75. The van der Waals surface area contributed by atoms with Crippen LogP contribution in [0.15, 0.2) is 41.3 Å². The lowest BCUT2D eigenvalue weighted by atomic mass is 10.2. The number of nitrogens with one attached hydrogen (secondary N) is 1. The van der Waals surface area contributed by atoms with Gasteiger partial charge < -0.3 is 0 Å². The van der Waals surface area contributed by atoms with E-state index in [1.54, 1.807) is 0 Å². The number of alkyl halides is 9. The Morgan fingerprint density at radius 1 is 0.811 bits per heavy atom. The summed E-state index contributed by atoms with van der Waals surface area (Å²) in [6.45, 7) is 0. The van der Waals surface area contributed by atoms with E-state index in [1.165, 1.54) is 0 Å². The van der Waals surface area contributed by atoms with Gasteiger partial charge in [-0.1, -0.05) is 28.4 Å². The molecule has 3 rings (SSSR count). The number of hydrogen-bond donors (Lipinski definition) is 1. The van der Waals surface area contributed by atoms with Gasteiger partial charge in [-0.05, 0) is 36.4 Å². The normalized spacial score (nSPS) is 13.1. The Kier molecular flexibility index (Phi) is 7.21. The summed E-state index contributed by atoms with van der Waals surface area (Å²) in [4.78, 5) is 11.2. The van der Waals surface area contributed by atoms with Crippen LogP contribution in [0.2, 0.25) is 10.0 Å². The number of rotatable bonds is 4. The van der Waals surface area contributed by atoms with E-state index >= 15 is 0 Å². The van der Waals surface area contributed by atoms with E-state index < -0.39 is 77.6 Å². The number of carbonyl (C=O) groups is 1. The Morgan fingerprint density at radius 2 is 1.35 bits per heavy atom. The van der Waals surface area contributed by atoms with E-state index in [4.69, 9.17) is 23.2 Å². The number of halogens is 11. The topological polar surface area (TPSA) is 93.9 Å². The van der Waals surface area contributed by atoms with Gasteiger partial charge in [0.25, 0.3) is 15.9 Å². The first-order valence-electron chi connectivity index (χ1n) is 9.07. The second kappa shape index (κ2) is 9.36. The van der Waals surface area contributed by atoms with Gasteiger partial charge in [0.2, 0.25) is 0 Å². The molecule has 200 valence electrons. The molecule has 1 amide bonds. The van der Waals surface area contributed by atoms with Crippen molar-refractivity contribution in [2.75, 3.05) is 0 Å². The maximum Gasteiger partial charge on any atom is 0.435 e. The molecule has 0 unspecified atom stereocenters. The van der Waals surface area contributed by atoms with Crippen LogP contribution >= 0.6 is 23.2 Å². The number of sulfonamides is 1. The largest absolute Gasteiger partial charge is 0.435 e. The van der Waals surface area contributed by atoms with E-state index in [0.29, 0.717) is 24.3 Å². The Morgan fingerprint density at radius 3 is 1.86 bits per heavy atom. The molecule has 1 heterocycles. The molecule has 0 aliphatic carbocycles. The van der Waals surface area contributed by atoms with E-state index in [0.717, 1.165) is 4.72 Å². The van der Waals surface area contributed by atoms with Crippen LogP contribution in [-0.4, -0.2) is 29.3 Å². The van der Waals surface area contributed by atoms with Crippen molar-refractivity contribution >= 4 is 39.1 Å². The van der Waals surface area contributed by atoms with Crippen LogP contribution in [0.5, 0.6) is 0 Å². The minimum absolute atomic E-state index is 0.0431. The standard InChI is InChI=1S/C18H7Cl2F9N4O3S/c19-9-3-1-8(17(24,25)26)6-12(9)37(35,36)31-15(34)13-14(18(27,28)29)33(32-30-13)11-4-2-7(5-10(11)20)16(21,22)23/h1-6H,(H,31,34). The van der Waals surface area contributed by atoms with Crippen LogP contribution in [0.3, 0.4) is 0 Å². The van der Waals surface area contributed by atoms with Crippen LogP contribution in [-0.2, 0) is 28.6 Å². The molecule has 0 saturated heterocycles. The number of amides is 1. The molecule has 0 saturated carbocycles. The number of benzene rings is 2. The fraction of sp³-hybridized carbons (Fsp3) is 0.167. The molecule has 37 heavy (non-hydrogen) atoms. The summed E-state index contributed by atoms with van der Waals surface area (Å²) in [5.41, 5.74) is -7.36. The average molecular weight is 601 g/mol. The lowest BCUT2D eigenvalue weighted by Crippen LogP contribution is -2.33. The highest BCUT2D eigenvalue weighted by Gasteiger charge is 2.43. The third-order valence-electron chi connectivity index (χ3n) is 4.43. The van der Waals surface area contributed by atoms with Gasteiger partial charge in [0, 0.05) is 0 Å². The molecule has 0 atom stereocenters. The molecule has 0 fully saturated rings. The zero-order valence-corrected chi connectivity index (χ0v) is 19.4. The van der Waals surface area contributed by atoms with Crippen LogP contribution in [0.25, 0.3) is 5.69 Å². The van der Waals surface area contributed by atoms with Crippen molar-refractivity contribution in [2.24, 2.45) is 0 Å². The van der Waals surface area contributed by atoms with Crippen LogP contribution < -0.4 is 4.72 Å². The quantitative estimate of drug-likeness (QED) is 0.385. The number of hydrogen-bond acceptors (Lipinski definition) is 5. The zero-order chi connectivity index (χ0) is 28.1. The molecule has 1 aromatic heterocycles. The first-order chi connectivity index (χ1) is 16.7. The fourth-order valence-corrected chi connectivity index (χ4v) is 4.56. The minimum atomic E-state index is -5.50. The first kappa shape index (κ1) is 28.5. The summed E-state index contributed by atoms with van der Waals surface area (Å²) in [6.07, 6.45) is -15.4. The van der Waals surface area contributed by atoms with Crippen LogP contribution in [0, 0.1) is 0 Å². The highest BCUT2D eigenvalue weighted by molar-refractivity contribution is 7.90. The van der Waals surface area contributed by atoms with Gasteiger partial charge in [0.05, 0.1) is 26.9 Å². The van der Waals surface area contributed by atoms with Gasteiger partial charge in [-0.15, -0.1) is 5.10 Å². The Labute approximate surface area is 209 Å². The highest BCUT2D eigenvalue weighted by atomic mass is 35.5. The van der Waals surface area contributed by atoms with Gasteiger partial charge >= 0.3 is 18.5 Å². The zero-order valence-electron chi connectivity index (χ0n) is 17.1. The summed E-state index contributed by atoms with van der Waals surface area (Å²) in [5, 5.41) is 4.30. The van der Waals surface area contributed by atoms with E-state index in [9.17, 15) is 52.7 Å². The van der Waals surface area contributed by atoms with Gasteiger partial charge in [-0.3, -0.25) is 4.79 Å². The molecule has 1 N–H and O–H groups in total. The van der Waals surface area contributed by atoms with Crippen molar-refractivity contribution in [3.63, 3.8) is 0 Å². The third-order valence-corrected chi connectivity index (χ3v) is 6.55. The van der Waals surface area contributed by atoms with Gasteiger partial charge in [0.15, 0.2) is 11.4 Å². The Balaban J connectivity index is 2.07. The third kappa shape index (κ3) is 5.93. The molecule has 3 aromatic rings. The van der Waals surface area contributed by atoms with E-state index in [1.807, 2.05) is 0 Å². The maximum atomic E-state index is 13.8. The minimum Gasteiger partial charge on any atom is -0.266 e. The summed E-state index contributed by atoms with van der Waals surface area (Å²) in [6, 6.07) is 2.14. The Bertz CT molecular complexity index is 1480. The van der Waals surface area contributed by atoms with E-state index in [-0.39, 0.29) is 16.8 Å². The lowest BCUT2D eigenvalue weighted by molar-refractivity contribution is -0.143.